The Morgan fingerprint density at radius 3 is 2.65 bits per heavy atom. The SMILES string of the molecule is Cc1nc(O[C@H]2CC[C@H](N)CC2)c(C(N)=O)s1. The van der Waals surface area contributed by atoms with E-state index in [0.29, 0.717) is 10.8 Å². The molecule has 1 fully saturated rings. The number of nitrogens with two attached hydrogens (primary N) is 2. The number of amides is 1. The topological polar surface area (TPSA) is 91.2 Å². The van der Waals surface area contributed by atoms with Crippen molar-refractivity contribution >= 4 is 17.2 Å². The predicted molar refractivity (Wildman–Crippen MR) is 66.2 cm³/mol. The van der Waals surface area contributed by atoms with Crippen molar-refractivity contribution in [3.63, 3.8) is 0 Å². The van der Waals surface area contributed by atoms with Crippen molar-refractivity contribution in [2.75, 3.05) is 0 Å². The van der Waals surface area contributed by atoms with Gasteiger partial charge in [0.15, 0.2) is 4.88 Å². The Bertz CT molecular complexity index is 411. The van der Waals surface area contributed by atoms with E-state index in [1.807, 2.05) is 6.92 Å². The van der Waals surface area contributed by atoms with Gasteiger partial charge in [0.25, 0.3) is 5.91 Å². The summed E-state index contributed by atoms with van der Waals surface area (Å²) in [5.74, 6) is -0.0846. The molecule has 1 amide bonds. The number of aromatic nitrogens is 1. The fourth-order valence-electron chi connectivity index (χ4n) is 2.01. The molecule has 94 valence electrons. The van der Waals surface area contributed by atoms with Crippen LogP contribution in [0.5, 0.6) is 5.88 Å². The average Bonchev–Trinajstić information content (AvgIpc) is 2.63. The minimum absolute atomic E-state index is 0.106. The van der Waals surface area contributed by atoms with Crippen LogP contribution in [0.4, 0.5) is 0 Å². The van der Waals surface area contributed by atoms with Crippen molar-refractivity contribution in [1.29, 1.82) is 0 Å². The summed E-state index contributed by atoms with van der Waals surface area (Å²) < 4.78 is 5.76. The molecule has 1 aromatic heterocycles. The van der Waals surface area contributed by atoms with Crippen molar-refractivity contribution in [2.45, 2.75) is 44.8 Å². The maximum Gasteiger partial charge on any atom is 0.264 e. The lowest BCUT2D eigenvalue weighted by molar-refractivity contribution is 0.0989. The molecule has 0 atom stereocenters. The molecule has 1 aromatic rings. The van der Waals surface area contributed by atoms with Gasteiger partial charge in [0.1, 0.15) is 6.10 Å². The van der Waals surface area contributed by atoms with E-state index in [-0.39, 0.29) is 12.1 Å². The molecule has 1 saturated carbocycles. The molecule has 1 heterocycles. The number of thiazole rings is 1. The lowest BCUT2D eigenvalue weighted by Crippen LogP contribution is -2.32. The molecule has 4 N–H and O–H groups in total. The predicted octanol–water partition coefficient (Wildman–Crippen LogP) is 1.20. The third-order valence-electron chi connectivity index (χ3n) is 2.92. The van der Waals surface area contributed by atoms with Gasteiger partial charge in [-0.15, -0.1) is 11.3 Å². The summed E-state index contributed by atoms with van der Waals surface area (Å²) >= 11 is 1.28. The molecule has 6 heteroatoms. The van der Waals surface area contributed by atoms with Crippen LogP contribution < -0.4 is 16.2 Å². The summed E-state index contributed by atoms with van der Waals surface area (Å²) in [6, 6.07) is 0.280. The van der Waals surface area contributed by atoms with Gasteiger partial charge in [-0.25, -0.2) is 4.98 Å². The van der Waals surface area contributed by atoms with Gasteiger partial charge in [0, 0.05) is 6.04 Å². The molecule has 1 aliphatic rings. The molecule has 0 unspecified atom stereocenters. The van der Waals surface area contributed by atoms with E-state index < -0.39 is 5.91 Å². The van der Waals surface area contributed by atoms with E-state index in [0.717, 1.165) is 30.7 Å². The highest BCUT2D eigenvalue weighted by Gasteiger charge is 2.23. The van der Waals surface area contributed by atoms with Gasteiger partial charge >= 0.3 is 0 Å². The Hall–Kier alpha value is -1.14. The Morgan fingerprint density at radius 2 is 2.06 bits per heavy atom. The second kappa shape index (κ2) is 5.01. The summed E-state index contributed by atoms with van der Waals surface area (Å²) in [7, 11) is 0. The van der Waals surface area contributed by atoms with E-state index >= 15 is 0 Å². The lowest BCUT2D eigenvalue weighted by atomic mass is 9.94. The number of primary amides is 1. The number of hydrogen-bond acceptors (Lipinski definition) is 5. The number of aryl methyl sites for hydroxylation is 1. The summed E-state index contributed by atoms with van der Waals surface area (Å²) in [5, 5.41) is 0.793. The van der Waals surface area contributed by atoms with Crippen molar-refractivity contribution in [2.24, 2.45) is 11.5 Å². The first-order valence-electron chi connectivity index (χ1n) is 5.75. The first-order valence-corrected chi connectivity index (χ1v) is 6.57. The third-order valence-corrected chi connectivity index (χ3v) is 3.89. The number of ether oxygens (including phenoxy) is 1. The molecule has 0 spiro atoms. The minimum atomic E-state index is -0.474. The van der Waals surface area contributed by atoms with Crippen LogP contribution in [0.2, 0.25) is 0 Å². The number of nitrogens with zero attached hydrogens (tertiary/aromatic N) is 1. The van der Waals surface area contributed by atoms with E-state index in [9.17, 15) is 4.79 Å². The van der Waals surface area contributed by atoms with Gasteiger partial charge in [0.2, 0.25) is 5.88 Å². The summed E-state index contributed by atoms with van der Waals surface area (Å²) in [4.78, 5) is 15.8. The molecule has 2 rings (SSSR count). The molecule has 17 heavy (non-hydrogen) atoms. The lowest BCUT2D eigenvalue weighted by Gasteiger charge is -2.26. The Kier molecular flexibility index (Phi) is 3.63. The standard InChI is InChI=1S/C11H17N3O2S/c1-6-14-11(9(17-6)10(13)15)16-8-4-2-7(12)3-5-8/h7-8H,2-5,12H2,1H3,(H2,13,15)/t7-,8-. The van der Waals surface area contributed by atoms with E-state index in [1.165, 1.54) is 11.3 Å². The van der Waals surface area contributed by atoms with Gasteiger partial charge in [-0.3, -0.25) is 4.79 Å². The van der Waals surface area contributed by atoms with Crippen LogP contribution in [-0.4, -0.2) is 23.0 Å². The van der Waals surface area contributed by atoms with Crippen molar-refractivity contribution in [1.82, 2.24) is 4.98 Å². The van der Waals surface area contributed by atoms with Gasteiger partial charge in [-0.2, -0.15) is 0 Å². The zero-order chi connectivity index (χ0) is 12.4. The maximum absolute atomic E-state index is 11.2. The molecular formula is C11H17N3O2S. The number of rotatable bonds is 3. The monoisotopic (exact) mass is 255 g/mol. The Labute approximate surface area is 104 Å². The second-order valence-electron chi connectivity index (χ2n) is 4.39. The second-order valence-corrected chi connectivity index (χ2v) is 5.59. The fourth-order valence-corrected chi connectivity index (χ4v) is 2.71. The fraction of sp³-hybridized carbons (Fsp3) is 0.636. The first-order chi connectivity index (χ1) is 8.06. The summed E-state index contributed by atoms with van der Waals surface area (Å²) in [5.41, 5.74) is 11.1. The normalized spacial score (nSPS) is 24.6. The van der Waals surface area contributed by atoms with E-state index in [2.05, 4.69) is 4.98 Å². The quantitative estimate of drug-likeness (QED) is 0.849. The number of hydrogen-bond donors (Lipinski definition) is 2. The Balaban J connectivity index is 2.05. The molecule has 1 aliphatic carbocycles. The van der Waals surface area contributed by atoms with Gasteiger partial charge < -0.3 is 16.2 Å². The van der Waals surface area contributed by atoms with E-state index in [4.69, 9.17) is 16.2 Å². The van der Waals surface area contributed by atoms with Crippen LogP contribution in [0.1, 0.15) is 40.4 Å². The molecular weight excluding hydrogens is 238 g/mol. The van der Waals surface area contributed by atoms with Gasteiger partial charge in [-0.1, -0.05) is 0 Å². The molecule has 0 saturated heterocycles. The highest BCUT2D eigenvalue weighted by atomic mass is 32.1. The summed E-state index contributed by atoms with van der Waals surface area (Å²) in [6.07, 6.45) is 3.85. The zero-order valence-electron chi connectivity index (χ0n) is 9.81. The van der Waals surface area contributed by atoms with Crippen molar-refractivity contribution < 1.29 is 9.53 Å². The van der Waals surface area contributed by atoms with Crippen molar-refractivity contribution in [3.05, 3.63) is 9.88 Å². The summed E-state index contributed by atoms with van der Waals surface area (Å²) in [6.45, 7) is 1.83. The smallest absolute Gasteiger partial charge is 0.264 e. The minimum Gasteiger partial charge on any atom is -0.473 e. The average molecular weight is 255 g/mol. The van der Waals surface area contributed by atoms with Gasteiger partial charge in [-0.05, 0) is 32.6 Å². The van der Waals surface area contributed by atoms with Crippen LogP contribution in [0.3, 0.4) is 0 Å². The highest BCUT2D eigenvalue weighted by molar-refractivity contribution is 7.13. The van der Waals surface area contributed by atoms with Crippen LogP contribution in [-0.2, 0) is 0 Å². The van der Waals surface area contributed by atoms with Crippen molar-refractivity contribution in [3.8, 4) is 5.88 Å². The largest absolute Gasteiger partial charge is 0.473 e. The van der Waals surface area contributed by atoms with Crippen LogP contribution in [0.15, 0.2) is 0 Å². The highest BCUT2D eigenvalue weighted by Crippen LogP contribution is 2.28. The van der Waals surface area contributed by atoms with Crippen LogP contribution >= 0.6 is 11.3 Å². The van der Waals surface area contributed by atoms with Gasteiger partial charge in [0.05, 0.1) is 5.01 Å². The molecule has 0 aromatic carbocycles. The Morgan fingerprint density at radius 1 is 1.41 bits per heavy atom. The first kappa shape index (κ1) is 12.3. The third kappa shape index (κ3) is 2.95. The number of carbonyl (C=O) groups is 1. The zero-order valence-corrected chi connectivity index (χ0v) is 10.6. The molecule has 0 bridgehead atoms. The maximum atomic E-state index is 11.2. The van der Waals surface area contributed by atoms with E-state index in [1.54, 1.807) is 0 Å². The number of carbonyl (C=O) groups excluding carboxylic acids is 1. The molecule has 0 aliphatic heterocycles. The molecule has 5 nitrogen and oxygen atoms in total. The molecule has 0 radical (unpaired) electrons. The van der Waals surface area contributed by atoms with Crippen LogP contribution in [0.25, 0.3) is 0 Å². The van der Waals surface area contributed by atoms with Crippen LogP contribution in [0, 0.1) is 6.92 Å².